The summed E-state index contributed by atoms with van der Waals surface area (Å²) >= 11 is 5.60. The van der Waals surface area contributed by atoms with E-state index in [0.29, 0.717) is 19.0 Å². The third-order valence-corrected chi connectivity index (χ3v) is 4.34. The van der Waals surface area contributed by atoms with Crippen molar-refractivity contribution in [3.8, 4) is 0 Å². The molecule has 1 fully saturated rings. The van der Waals surface area contributed by atoms with Crippen LogP contribution in [0.5, 0.6) is 0 Å². The zero-order chi connectivity index (χ0) is 14.9. The summed E-state index contributed by atoms with van der Waals surface area (Å²) in [5, 5.41) is 2.92. The average molecular weight is 309 g/mol. The van der Waals surface area contributed by atoms with Crippen LogP contribution in [-0.4, -0.2) is 42.9 Å². The van der Waals surface area contributed by atoms with E-state index in [4.69, 9.17) is 11.6 Å². The van der Waals surface area contributed by atoms with Crippen molar-refractivity contribution < 1.29 is 4.79 Å². The molecule has 1 aliphatic heterocycles. The van der Waals surface area contributed by atoms with Gasteiger partial charge in [-0.3, -0.25) is 9.69 Å². The SMILES string of the molecule is O=C(CN1CCC(Cc2ccccc2)CC1)NCCCCl. The van der Waals surface area contributed by atoms with E-state index < -0.39 is 0 Å². The first kappa shape index (κ1) is 16.3. The third kappa shape index (κ3) is 6.06. The standard InChI is InChI=1S/C17H25ClN2O/c18-9-4-10-19-17(21)14-20-11-7-16(8-12-20)13-15-5-2-1-3-6-15/h1-3,5-6,16H,4,7-14H2,(H,19,21). The van der Waals surface area contributed by atoms with Gasteiger partial charge in [0.2, 0.25) is 5.91 Å². The highest BCUT2D eigenvalue weighted by atomic mass is 35.5. The van der Waals surface area contributed by atoms with E-state index in [9.17, 15) is 4.79 Å². The molecule has 1 aliphatic rings. The molecule has 1 aromatic carbocycles. The Hall–Kier alpha value is -1.06. The fourth-order valence-corrected chi connectivity index (χ4v) is 2.98. The summed E-state index contributed by atoms with van der Waals surface area (Å²) in [5.74, 6) is 1.48. The number of hydrogen-bond acceptors (Lipinski definition) is 2. The summed E-state index contributed by atoms with van der Waals surface area (Å²) in [6.45, 7) is 3.27. The second-order valence-electron chi connectivity index (χ2n) is 5.80. The van der Waals surface area contributed by atoms with E-state index in [1.54, 1.807) is 0 Å². The summed E-state index contributed by atoms with van der Waals surface area (Å²) in [6.07, 6.45) is 4.37. The van der Waals surface area contributed by atoms with Crippen molar-refractivity contribution in [3.05, 3.63) is 35.9 Å². The van der Waals surface area contributed by atoms with E-state index in [2.05, 4.69) is 40.5 Å². The molecule has 0 radical (unpaired) electrons. The molecule has 1 heterocycles. The fraction of sp³-hybridized carbons (Fsp3) is 0.588. The lowest BCUT2D eigenvalue weighted by atomic mass is 9.90. The predicted molar refractivity (Wildman–Crippen MR) is 87.7 cm³/mol. The van der Waals surface area contributed by atoms with Crippen molar-refractivity contribution in [1.29, 1.82) is 0 Å². The van der Waals surface area contributed by atoms with Gasteiger partial charge in [0.25, 0.3) is 0 Å². The zero-order valence-electron chi connectivity index (χ0n) is 12.6. The van der Waals surface area contributed by atoms with Crippen LogP contribution < -0.4 is 5.32 Å². The quantitative estimate of drug-likeness (QED) is 0.620. The molecule has 1 aromatic rings. The summed E-state index contributed by atoms with van der Waals surface area (Å²) < 4.78 is 0. The van der Waals surface area contributed by atoms with Gasteiger partial charge in [-0.15, -0.1) is 11.6 Å². The summed E-state index contributed by atoms with van der Waals surface area (Å²) in [4.78, 5) is 14.0. The van der Waals surface area contributed by atoms with Crippen molar-refractivity contribution >= 4 is 17.5 Å². The Labute approximate surface area is 132 Å². The molecular formula is C17H25ClN2O. The normalized spacial score (nSPS) is 16.8. The van der Waals surface area contributed by atoms with Crippen LogP contribution in [0.25, 0.3) is 0 Å². The highest BCUT2D eigenvalue weighted by Gasteiger charge is 2.20. The number of alkyl halides is 1. The molecule has 1 saturated heterocycles. The van der Waals surface area contributed by atoms with Crippen molar-refractivity contribution in [2.75, 3.05) is 32.1 Å². The molecule has 4 heteroatoms. The van der Waals surface area contributed by atoms with E-state index in [1.165, 1.54) is 18.4 Å². The molecule has 21 heavy (non-hydrogen) atoms. The minimum absolute atomic E-state index is 0.127. The first-order valence-corrected chi connectivity index (χ1v) is 8.40. The molecule has 116 valence electrons. The number of hydrogen-bond donors (Lipinski definition) is 1. The van der Waals surface area contributed by atoms with Crippen molar-refractivity contribution in [2.24, 2.45) is 5.92 Å². The minimum atomic E-state index is 0.127. The van der Waals surface area contributed by atoms with Gasteiger partial charge in [0.05, 0.1) is 6.54 Å². The van der Waals surface area contributed by atoms with Gasteiger partial charge in [-0.2, -0.15) is 0 Å². The van der Waals surface area contributed by atoms with Crippen molar-refractivity contribution in [1.82, 2.24) is 10.2 Å². The summed E-state index contributed by atoms with van der Waals surface area (Å²) in [5.41, 5.74) is 1.43. The fourth-order valence-electron chi connectivity index (χ4n) is 2.85. The Morgan fingerprint density at radius 1 is 1.24 bits per heavy atom. The van der Waals surface area contributed by atoms with Crippen LogP contribution >= 0.6 is 11.6 Å². The Balaban J connectivity index is 1.65. The van der Waals surface area contributed by atoms with Gasteiger partial charge in [0.15, 0.2) is 0 Å². The van der Waals surface area contributed by atoms with Crippen LogP contribution in [0.4, 0.5) is 0 Å². The second kappa shape index (κ2) is 9.06. The summed E-state index contributed by atoms with van der Waals surface area (Å²) in [6, 6.07) is 10.7. The number of amides is 1. The lowest BCUT2D eigenvalue weighted by Crippen LogP contribution is -2.42. The van der Waals surface area contributed by atoms with Crippen LogP contribution in [-0.2, 0) is 11.2 Å². The van der Waals surface area contributed by atoms with Gasteiger partial charge in [-0.05, 0) is 50.3 Å². The minimum Gasteiger partial charge on any atom is -0.355 e. The molecule has 1 N–H and O–H groups in total. The van der Waals surface area contributed by atoms with Crippen LogP contribution in [0, 0.1) is 5.92 Å². The number of carbonyl (C=O) groups is 1. The van der Waals surface area contributed by atoms with Crippen LogP contribution in [0.2, 0.25) is 0 Å². The van der Waals surface area contributed by atoms with Crippen LogP contribution in [0.1, 0.15) is 24.8 Å². The van der Waals surface area contributed by atoms with E-state index in [1.807, 2.05) is 0 Å². The Kier molecular flexibility index (Phi) is 7.04. The second-order valence-corrected chi connectivity index (χ2v) is 6.18. The third-order valence-electron chi connectivity index (χ3n) is 4.07. The number of likely N-dealkylation sites (tertiary alicyclic amines) is 1. The molecular weight excluding hydrogens is 284 g/mol. The van der Waals surface area contributed by atoms with Crippen molar-refractivity contribution in [2.45, 2.75) is 25.7 Å². The molecule has 0 saturated carbocycles. The maximum Gasteiger partial charge on any atom is 0.234 e. The Bertz CT molecular complexity index is 416. The molecule has 2 rings (SSSR count). The number of nitrogens with zero attached hydrogens (tertiary/aromatic N) is 1. The van der Waals surface area contributed by atoms with Gasteiger partial charge < -0.3 is 5.32 Å². The topological polar surface area (TPSA) is 32.3 Å². The molecule has 1 amide bonds. The molecule has 0 aliphatic carbocycles. The Morgan fingerprint density at radius 2 is 1.95 bits per heavy atom. The van der Waals surface area contributed by atoms with Gasteiger partial charge in [0.1, 0.15) is 0 Å². The lowest BCUT2D eigenvalue weighted by Gasteiger charge is -2.31. The van der Waals surface area contributed by atoms with E-state index in [-0.39, 0.29) is 5.91 Å². The molecule has 0 bridgehead atoms. The number of piperidine rings is 1. The molecule has 3 nitrogen and oxygen atoms in total. The molecule has 0 spiro atoms. The van der Waals surface area contributed by atoms with E-state index in [0.717, 1.165) is 31.8 Å². The molecule has 0 aromatic heterocycles. The first-order valence-electron chi connectivity index (χ1n) is 7.87. The lowest BCUT2D eigenvalue weighted by molar-refractivity contribution is -0.122. The van der Waals surface area contributed by atoms with Crippen LogP contribution in [0.3, 0.4) is 0 Å². The maximum absolute atomic E-state index is 11.8. The molecule has 0 unspecified atom stereocenters. The van der Waals surface area contributed by atoms with Gasteiger partial charge in [0, 0.05) is 12.4 Å². The highest BCUT2D eigenvalue weighted by molar-refractivity contribution is 6.17. The van der Waals surface area contributed by atoms with Crippen molar-refractivity contribution in [3.63, 3.8) is 0 Å². The zero-order valence-corrected chi connectivity index (χ0v) is 13.3. The number of carbonyl (C=O) groups excluding carboxylic acids is 1. The number of rotatable bonds is 7. The first-order chi connectivity index (χ1) is 10.3. The largest absolute Gasteiger partial charge is 0.355 e. The van der Waals surface area contributed by atoms with Gasteiger partial charge >= 0.3 is 0 Å². The molecule has 0 atom stereocenters. The average Bonchev–Trinajstić information content (AvgIpc) is 2.51. The number of nitrogens with one attached hydrogen (secondary N) is 1. The predicted octanol–water partition coefficient (Wildman–Crippen LogP) is 2.69. The number of benzene rings is 1. The maximum atomic E-state index is 11.8. The van der Waals surface area contributed by atoms with E-state index >= 15 is 0 Å². The van der Waals surface area contributed by atoms with Gasteiger partial charge in [-0.1, -0.05) is 30.3 Å². The van der Waals surface area contributed by atoms with Gasteiger partial charge in [-0.25, -0.2) is 0 Å². The Morgan fingerprint density at radius 3 is 2.62 bits per heavy atom. The summed E-state index contributed by atoms with van der Waals surface area (Å²) in [7, 11) is 0. The number of halogens is 1. The smallest absolute Gasteiger partial charge is 0.234 e. The van der Waals surface area contributed by atoms with Crippen LogP contribution in [0.15, 0.2) is 30.3 Å². The highest BCUT2D eigenvalue weighted by Crippen LogP contribution is 2.21. The monoisotopic (exact) mass is 308 g/mol.